The van der Waals surface area contributed by atoms with Crippen LogP contribution >= 0.6 is 0 Å². The van der Waals surface area contributed by atoms with Gasteiger partial charge in [-0.2, -0.15) is 9.97 Å². The van der Waals surface area contributed by atoms with Crippen molar-refractivity contribution in [1.29, 1.82) is 0 Å². The van der Waals surface area contributed by atoms with Crippen LogP contribution < -0.4 is 10.1 Å². The average molecular weight is 346 g/mol. The predicted molar refractivity (Wildman–Crippen MR) is 87.1 cm³/mol. The standard InChI is InChI=1S/C14H18N8O3/c1-24-14-18-12(17-7-2-3-7)11-13(19-14)22(6-16-11)10-4-8(20-21-15)9(5-23)25-10/h6-10,23H,2-5H2,1H3,(H,17,18,19)/t8?,9-,10-/m1/s1. The molecule has 2 aromatic rings. The largest absolute Gasteiger partial charge is 0.467 e. The minimum Gasteiger partial charge on any atom is -0.467 e. The normalized spacial score (nSPS) is 25.8. The Kier molecular flexibility index (Phi) is 4.04. The number of nitrogens with one attached hydrogen (secondary N) is 1. The zero-order valence-electron chi connectivity index (χ0n) is 13.6. The van der Waals surface area contributed by atoms with Crippen molar-refractivity contribution in [3.8, 4) is 6.01 Å². The highest BCUT2D eigenvalue weighted by Crippen LogP contribution is 2.35. The summed E-state index contributed by atoms with van der Waals surface area (Å²) in [6, 6.07) is 0.203. The molecule has 0 aromatic carbocycles. The molecule has 1 aliphatic carbocycles. The first-order valence-corrected chi connectivity index (χ1v) is 8.09. The number of azide groups is 1. The van der Waals surface area contributed by atoms with Crippen molar-refractivity contribution >= 4 is 17.0 Å². The van der Waals surface area contributed by atoms with Crippen LogP contribution in [0, 0.1) is 0 Å². The molecule has 2 aromatic heterocycles. The summed E-state index contributed by atoms with van der Waals surface area (Å²) in [6.45, 7) is -0.223. The van der Waals surface area contributed by atoms with Gasteiger partial charge in [-0.15, -0.1) is 0 Å². The first-order chi connectivity index (χ1) is 12.2. The smallest absolute Gasteiger partial charge is 0.320 e. The molecule has 1 saturated heterocycles. The van der Waals surface area contributed by atoms with Gasteiger partial charge in [0.05, 0.1) is 32.2 Å². The van der Waals surface area contributed by atoms with Gasteiger partial charge in [0.1, 0.15) is 6.23 Å². The molecule has 11 nitrogen and oxygen atoms in total. The summed E-state index contributed by atoms with van der Waals surface area (Å²) in [5.74, 6) is 0.631. The van der Waals surface area contributed by atoms with Crippen LogP contribution in [0.4, 0.5) is 5.82 Å². The molecule has 3 heterocycles. The number of aromatic nitrogens is 4. The van der Waals surface area contributed by atoms with E-state index in [2.05, 4.69) is 30.3 Å². The number of rotatable bonds is 6. The fourth-order valence-electron chi connectivity index (χ4n) is 2.96. The molecular weight excluding hydrogens is 328 g/mol. The number of anilines is 1. The topological polar surface area (TPSA) is 143 Å². The van der Waals surface area contributed by atoms with Gasteiger partial charge in [-0.05, 0) is 18.4 Å². The third-order valence-electron chi connectivity index (χ3n) is 4.40. The number of aliphatic hydroxyl groups excluding tert-OH is 1. The Labute approximate surface area is 142 Å². The highest BCUT2D eigenvalue weighted by molar-refractivity contribution is 5.83. The minimum atomic E-state index is -0.550. The van der Waals surface area contributed by atoms with Crippen molar-refractivity contribution in [3.63, 3.8) is 0 Å². The molecule has 1 saturated carbocycles. The van der Waals surface area contributed by atoms with Gasteiger partial charge in [-0.25, -0.2) is 4.98 Å². The van der Waals surface area contributed by atoms with Gasteiger partial charge < -0.3 is 19.9 Å². The lowest BCUT2D eigenvalue weighted by molar-refractivity contribution is -0.0233. The van der Waals surface area contributed by atoms with Crippen LogP contribution in [0.1, 0.15) is 25.5 Å². The molecule has 25 heavy (non-hydrogen) atoms. The van der Waals surface area contributed by atoms with Gasteiger partial charge >= 0.3 is 6.01 Å². The zero-order valence-corrected chi connectivity index (χ0v) is 13.6. The first-order valence-electron chi connectivity index (χ1n) is 8.09. The van der Waals surface area contributed by atoms with Crippen LogP contribution in [0.25, 0.3) is 21.6 Å². The number of ether oxygens (including phenoxy) is 2. The van der Waals surface area contributed by atoms with Crippen LogP contribution in [0.15, 0.2) is 11.4 Å². The van der Waals surface area contributed by atoms with E-state index in [9.17, 15) is 5.11 Å². The molecule has 0 bridgehead atoms. The molecule has 1 unspecified atom stereocenters. The zero-order chi connectivity index (χ0) is 17.4. The van der Waals surface area contributed by atoms with E-state index in [1.165, 1.54) is 7.11 Å². The summed E-state index contributed by atoms with van der Waals surface area (Å²) in [6.07, 6.45) is 3.27. The van der Waals surface area contributed by atoms with E-state index in [1.54, 1.807) is 10.9 Å². The summed E-state index contributed by atoms with van der Waals surface area (Å²) < 4.78 is 12.8. The molecule has 11 heteroatoms. The number of nitrogens with zero attached hydrogens (tertiary/aromatic N) is 7. The molecule has 1 aliphatic heterocycles. The van der Waals surface area contributed by atoms with Crippen molar-refractivity contribution in [2.24, 2.45) is 5.11 Å². The highest BCUT2D eigenvalue weighted by Gasteiger charge is 2.36. The van der Waals surface area contributed by atoms with Gasteiger partial charge in [-0.3, -0.25) is 4.57 Å². The van der Waals surface area contributed by atoms with Crippen LogP contribution in [-0.2, 0) is 4.74 Å². The maximum atomic E-state index is 9.44. The van der Waals surface area contributed by atoms with Crippen LogP contribution in [0.2, 0.25) is 0 Å². The maximum Gasteiger partial charge on any atom is 0.320 e. The average Bonchev–Trinajstić information content (AvgIpc) is 3.18. The van der Waals surface area contributed by atoms with Gasteiger partial charge in [0.2, 0.25) is 0 Å². The van der Waals surface area contributed by atoms with E-state index in [-0.39, 0.29) is 12.6 Å². The number of hydrogen-bond acceptors (Lipinski definition) is 8. The summed E-state index contributed by atoms with van der Waals surface area (Å²) in [5, 5.41) is 16.5. The monoisotopic (exact) mass is 346 g/mol. The van der Waals surface area contributed by atoms with Crippen LogP contribution in [0.5, 0.6) is 6.01 Å². The Bertz CT molecular complexity index is 829. The SMILES string of the molecule is COc1nc(NC2CC2)c2ncn([C@H]3CC(N=[N+]=[N-])[C@@H](CO)O3)c2n1. The lowest BCUT2D eigenvalue weighted by Crippen LogP contribution is -2.22. The highest BCUT2D eigenvalue weighted by atomic mass is 16.5. The number of fused-ring (bicyclic) bond motifs is 1. The fourth-order valence-corrected chi connectivity index (χ4v) is 2.96. The second-order valence-electron chi connectivity index (χ2n) is 6.12. The van der Waals surface area contributed by atoms with E-state index in [1.807, 2.05) is 0 Å². The molecule has 2 aliphatic rings. The van der Waals surface area contributed by atoms with Crippen molar-refractivity contribution in [1.82, 2.24) is 19.5 Å². The lowest BCUT2D eigenvalue weighted by atomic mass is 10.1. The predicted octanol–water partition coefficient (Wildman–Crippen LogP) is 1.37. The van der Waals surface area contributed by atoms with Crippen molar-refractivity contribution in [2.75, 3.05) is 19.0 Å². The fraction of sp³-hybridized carbons (Fsp3) is 0.643. The Morgan fingerprint density at radius 2 is 2.36 bits per heavy atom. The molecule has 132 valence electrons. The summed E-state index contributed by atoms with van der Waals surface area (Å²) in [4.78, 5) is 16.0. The van der Waals surface area contributed by atoms with E-state index in [0.717, 1.165) is 12.8 Å². The van der Waals surface area contributed by atoms with Gasteiger partial charge in [-0.1, -0.05) is 5.11 Å². The van der Waals surface area contributed by atoms with Crippen LogP contribution in [0.3, 0.4) is 0 Å². The lowest BCUT2D eigenvalue weighted by Gasteiger charge is -2.14. The first kappa shape index (κ1) is 15.9. The summed E-state index contributed by atoms with van der Waals surface area (Å²) in [7, 11) is 1.51. The number of aliphatic hydroxyl groups is 1. The Morgan fingerprint density at radius 1 is 1.52 bits per heavy atom. The van der Waals surface area contributed by atoms with Gasteiger partial charge in [0, 0.05) is 17.4 Å². The van der Waals surface area contributed by atoms with Crippen molar-refractivity contribution in [2.45, 2.75) is 43.7 Å². The molecule has 0 amide bonds. The van der Waals surface area contributed by atoms with Gasteiger partial charge in [0.15, 0.2) is 17.0 Å². The number of methoxy groups -OCH3 is 1. The quantitative estimate of drug-likeness (QED) is 0.456. The van der Waals surface area contributed by atoms with E-state index in [4.69, 9.17) is 15.0 Å². The molecule has 3 atom stereocenters. The molecule has 4 rings (SSSR count). The van der Waals surface area contributed by atoms with E-state index >= 15 is 0 Å². The summed E-state index contributed by atoms with van der Waals surface area (Å²) >= 11 is 0. The Balaban J connectivity index is 1.71. The Hall–Kier alpha value is -2.62. The third kappa shape index (κ3) is 2.93. The molecule has 0 spiro atoms. The van der Waals surface area contributed by atoms with Crippen molar-refractivity contribution in [3.05, 3.63) is 16.8 Å². The van der Waals surface area contributed by atoms with Crippen molar-refractivity contribution < 1.29 is 14.6 Å². The molecule has 0 radical (unpaired) electrons. The Morgan fingerprint density at radius 3 is 3.04 bits per heavy atom. The third-order valence-corrected chi connectivity index (χ3v) is 4.40. The maximum absolute atomic E-state index is 9.44. The van der Waals surface area contributed by atoms with Crippen LogP contribution in [-0.4, -0.2) is 56.5 Å². The second kappa shape index (κ2) is 6.36. The molecule has 2 N–H and O–H groups in total. The van der Waals surface area contributed by atoms with Gasteiger partial charge in [0.25, 0.3) is 0 Å². The second-order valence-corrected chi connectivity index (χ2v) is 6.12. The van der Waals surface area contributed by atoms with E-state index in [0.29, 0.717) is 29.4 Å². The number of hydrogen-bond donors (Lipinski definition) is 2. The minimum absolute atomic E-state index is 0.223. The summed E-state index contributed by atoms with van der Waals surface area (Å²) in [5.41, 5.74) is 9.88. The molecule has 2 fully saturated rings. The molecular formula is C14H18N8O3. The number of imidazole rings is 1. The van der Waals surface area contributed by atoms with E-state index < -0.39 is 18.4 Å².